The average Bonchev–Trinajstić information content (AvgIpc) is 2.25. The van der Waals surface area contributed by atoms with Crippen molar-refractivity contribution in [3.05, 3.63) is 0 Å². The zero-order chi connectivity index (χ0) is 20.9. The molecule has 8 N–H and O–H groups in total. The van der Waals surface area contributed by atoms with Gasteiger partial charge in [0.15, 0.2) is 0 Å². The zero-order valence-electron chi connectivity index (χ0n) is 14.8. The van der Waals surface area contributed by atoms with Gasteiger partial charge in [-0.3, -0.25) is 19.2 Å². The smallest absolute Gasteiger partial charge is 0.300 e. The molecule has 24 heavy (non-hydrogen) atoms. The van der Waals surface area contributed by atoms with Crippen LogP contribution in [-0.4, -0.2) is 70.1 Å². The Hall–Kier alpha value is -2.24. The van der Waals surface area contributed by atoms with Crippen LogP contribution < -0.4 is 11.5 Å². The molecule has 0 radical (unpaired) electrons. The minimum atomic E-state index is -0.833. The minimum absolute atomic E-state index is 0.0231. The molecule has 2 atom stereocenters. The maximum absolute atomic E-state index is 9.00. The summed E-state index contributed by atoms with van der Waals surface area (Å²) in [6, 6.07) is -0.00468. The largest absolute Gasteiger partial charge is 0.481 e. The number of carbonyl (C=O) groups is 4. The average molecular weight is 358 g/mol. The van der Waals surface area contributed by atoms with Gasteiger partial charge in [-0.1, -0.05) is 0 Å². The maximum atomic E-state index is 9.00. The molecular formula is C13H30N2O9. The highest BCUT2D eigenvalue weighted by Gasteiger charge is 2.05. The lowest BCUT2D eigenvalue weighted by Gasteiger charge is -2.12. The van der Waals surface area contributed by atoms with Crippen molar-refractivity contribution in [3.63, 3.8) is 0 Å². The predicted molar refractivity (Wildman–Crippen MR) is 86.7 cm³/mol. The van der Waals surface area contributed by atoms with Crippen molar-refractivity contribution in [3.8, 4) is 0 Å². The summed E-state index contributed by atoms with van der Waals surface area (Å²) in [5.74, 6) is -3.33. The summed E-state index contributed by atoms with van der Waals surface area (Å²) in [7, 11) is 1.61. The molecule has 11 nitrogen and oxygen atoms in total. The molecule has 0 spiro atoms. The zero-order valence-corrected chi connectivity index (χ0v) is 14.8. The summed E-state index contributed by atoms with van der Waals surface area (Å²) < 4.78 is 4.76. The lowest BCUT2D eigenvalue weighted by Crippen LogP contribution is -2.42. The molecule has 11 heteroatoms. The summed E-state index contributed by atoms with van der Waals surface area (Å²) in [5.41, 5.74) is 10.9. The number of carboxylic acids is 4. The van der Waals surface area contributed by atoms with Crippen molar-refractivity contribution in [2.45, 2.75) is 46.7 Å². The molecule has 0 aliphatic carbocycles. The Labute approximate surface area is 141 Å². The lowest BCUT2D eigenvalue weighted by atomic mass is 10.2. The Morgan fingerprint density at radius 1 is 0.792 bits per heavy atom. The second-order valence-electron chi connectivity index (χ2n) is 4.05. The van der Waals surface area contributed by atoms with Gasteiger partial charge in [0.1, 0.15) is 0 Å². The van der Waals surface area contributed by atoms with Crippen LogP contribution in [0.1, 0.15) is 34.6 Å². The molecule has 2 unspecified atom stereocenters. The monoisotopic (exact) mass is 358 g/mol. The number of carboxylic acid groups (broad SMARTS) is 4. The van der Waals surface area contributed by atoms with E-state index in [-0.39, 0.29) is 12.1 Å². The van der Waals surface area contributed by atoms with Gasteiger partial charge in [0.05, 0.1) is 6.61 Å². The first-order valence-corrected chi connectivity index (χ1v) is 6.39. The van der Waals surface area contributed by atoms with Gasteiger partial charge >= 0.3 is 0 Å². The summed E-state index contributed by atoms with van der Waals surface area (Å²) in [6.45, 7) is 6.74. The standard InChI is InChI=1S/C5H14N2O.4C2H4O2/c1-4(6)5(7)3-8-2;4*1-2(3)4/h4-5H,3,6-7H2,1-2H3;4*1H3,(H,3,4). The Bertz CT molecular complexity index is 269. The maximum Gasteiger partial charge on any atom is 0.300 e. The summed E-state index contributed by atoms with van der Waals surface area (Å²) in [5, 5.41) is 29.7. The van der Waals surface area contributed by atoms with E-state index in [1.54, 1.807) is 7.11 Å². The van der Waals surface area contributed by atoms with Gasteiger partial charge in [-0.2, -0.15) is 0 Å². The molecule has 0 aromatic rings. The number of aliphatic carboxylic acids is 4. The van der Waals surface area contributed by atoms with E-state index in [1.165, 1.54) is 0 Å². The van der Waals surface area contributed by atoms with E-state index in [1.807, 2.05) is 6.92 Å². The third kappa shape index (κ3) is 307. The number of rotatable bonds is 3. The van der Waals surface area contributed by atoms with Gasteiger partial charge in [0, 0.05) is 46.9 Å². The first-order valence-electron chi connectivity index (χ1n) is 6.39. The summed E-state index contributed by atoms with van der Waals surface area (Å²) >= 11 is 0. The fourth-order valence-corrected chi connectivity index (χ4v) is 0.344. The Morgan fingerprint density at radius 3 is 1.00 bits per heavy atom. The molecule has 0 heterocycles. The van der Waals surface area contributed by atoms with Crippen molar-refractivity contribution < 1.29 is 44.3 Å². The van der Waals surface area contributed by atoms with Crippen molar-refractivity contribution in [1.82, 2.24) is 0 Å². The van der Waals surface area contributed by atoms with Gasteiger partial charge in [0.2, 0.25) is 0 Å². The third-order valence-electron chi connectivity index (χ3n) is 1.03. The first-order chi connectivity index (χ1) is 10.6. The van der Waals surface area contributed by atoms with Crippen LogP contribution in [0.3, 0.4) is 0 Å². The second-order valence-corrected chi connectivity index (χ2v) is 4.05. The summed E-state index contributed by atoms with van der Waals surface area (Å²) in [4.78, 5) is 36.0. The van der Waals surface area contributed by atoms with Crippen molar-refractivity contribution in [2.24, 2.45) is 11.5 Å². The van der Waals surface area contributed by atoms with E-state index in [4.69, 9.17) is 55.8 Å². The number of nitrogens with two attached hydrogens (primary N) is 2. The Kier molecular flexibility index (Phi) is 35.7. The van der Waals surface area contributed by atoms with Crippen molar-refractivity contribution in [2.75, 3.05) is 13.7 Å². The van der Waals surface area contributed by atoms with Crippen molar-refractivity contribution >= 4 is 23.9 Å². The quantitative estimate of drug-likeness (QED) is 0.384. The van der Waals surface area contributed by atoms with Gasteiger partial charge in [-0.25, -0.2) is 0 Å². The van der Waals surface area contributed by atoms with Crippen LogP contribution in [0.4, 0.5) is 0 Å². The van der Waals surface area contributed by atoms with E-state index >= 15 is 0 Å². The van der Waals surface area contributed by atoms with E-state index in [2.05, 4.69) is 0 Å². The number of hydrogen-bond acceptors (Lipinski definition) is 7. The number of hydrogen-bond donors (Lipinski definition) is 6. The summed E-state index contributed by atoms with van der Waals surface area (Å²) in [6.07, 6.45) is 0. The molecule has 0 rings (SSSR count). The van der Waals surface area contributed by atoms with Crippen LogP contribution in [0.5, 0.6) is 0 Å². The predicted octanol–water partition coefficient (Wildman–Crippen LogP) is -0.329. The fourth-order valence-electron chi connectivity index (χ4n) is 0.344. The Morgan fingerprint density at radius 2 is 0.958 bits per heavy atom. The second kappa shape index (κ2) is 25.7. The van der Waals surface area contributed by atoms with Crippen LogP contribution in [0.15, 0.2) is 0 Å². The van der Waals surface area contributed by atoms with E-state index in [9.17, 15) is 0 Å². The van der Waals surface area contributed by atoms with E-state index in [0.717, 1.165) is 27.7 Å². The highest BCUT2D eigenvalue weighted by molar-refractivity contribution is 5.63. The molecule has 0 aromatic carbocycles. The number of methoxy groups -OCH3 is 1. The van der Waals surface area contributed by atoms with Crippen LogP contribution in [0.25, 0.3) is 0 Å². The van der Waals surface area contributed by atoms with Gasteiger partial charge in [-0.15, -0.1) is 0 Å². The molecule has 0 saturated heterocycles. The fraction of sp³-hybridized carbons (Fsp3) is 0.692. The van der Waals surface area contributed by atoms with Gasteiger partial charge in [-0.05, 0) is 6.92 Å². The topological polar surface area (TPSA) is 210 Å². The van der Waals surface area contributed by atoms with Crippen LogP contribution in [0.2, 0.25) is 0 Å². The highest BCUT2D eigenvalue weighted by atomic mass is 16.5. The molecule has 146 valence electrons. The molecular weight excluding hydrogens is 328 g/mol. The van der Waals surface area contributed by atoms with Crippen LogP contribution >= 0.6 is 0 Å². The molecule has 0 aliphatic rings. The molecule has 0 aromatic heterocycles. The lowest BCUT2D eigenvalue weighted by molar-refractivity contribution is -0.135. The normalized spacial score (nSPS) is 10.2. The molecule has 0 saturated carbocycles. The third-order valence-corrected chi connectivity index (χ3v) is 1.03. The number of ether oxygens (including phenoxy) is 1. The van der Waals surface area contributed by atoms with Crippen molar-refractivity contribution in [1.29, 1.82) is 0 Å². The molecule has 0 bridgehead atoms. The van der Waals surface area contributed by atoms with Gasteiger partial charge in [0.25, 0.3) is 23.9 Å². The minimum Gasteiger partial charge on any atom is -0.481 e. The molecule has 0 amide bonds. The van der Waals surface area contributed by atoms with Gasteiger partial charge < -0.3 is 36.6 Å². The first kappa shape index (κ1) is 33.4. The Balaban J connectivity index is -0.0000000657. The van der Waals surface area contributed by atoms with E-state index < -0.39 is 23.9 Å². The molecule has 0 fully saturated rings. The van der Waals surface area contributed by atoms with Crippen LogP contribution in [-0.2, 0) is 23.9 Å². The van der Waals surface area contributed by atoms with E-state index in [0.29, 0.717) is 6.61 Å². The van der Waals surface area contributed by atoms with Crippen LogP contribution in [0, 0.1) is 0 Å². The SMILES string of the molecule is CC(=O)O.CC(=O)O.CC(=O)O.CC(=O)O.COCC(N)C(C)N. The highest BCUT2D eigenvalue weighted by Crippen LogP contribution is 1.83. The molecule has 0 aliphatic heterocycles.